The van der Waals surface area contributed by atoms with Crippen LogP contribution in [0.4, 0.5) is 0 Å². The van der Waals surface area contributed by atoms with E-state index in [-0.39, 0.29) is 17.9 Å². The van der Waals surface area contributed by atoms with Crippen LogP contribution in [-0.4, -0.2) is 15.9 Å². The first-order chi connectivity index (χ1) is 13.6. The molecule has 0 radical (unpaired) electrons. The maximum absolute atomic E-state index is 13.3. The van der Waals surface area contributed by atoms with Crippen LogP contribution >= 0.6 is 11.3 Å². The molecule has 4 rings (SSSR count). The zero-order valence-electron chi connectivity index (χ0n) is 15.8. The summed E-state index contributed by atoms with van der Waals surface area (Å²) in [4.78, 5) is 23.4. The van der Waals surface area contributed by atoms with Crippen molar-refractivity contribution in [2.75, 3.05) is 0 Å². The Balaban J connectivity index is 1.77. The molecule has 0 spiro atoms. The average Bonchev–Trinajstić information content (AvgIpc) is 3.26. The molecule has 1 unspecified atom stereocenters. The molecule has 0 saturated carbocycles. The average molecular weight is 388 g/mol. The Kier molecular flexibility index (Phi) is 5.17. The predicted octanol–water partition coefficient (Wildman–Crippen LogP) is 5.49. The molecule has 0 bridgehead atoms. The number of para-hydroxylation sites is 1. The van der Waals surface area contributed by atoms with Gasteiger partial charge in [-0.05, 0) is 41.6 Å². The van der Waals surface area contributed by atoms with Crippen LogP contribution in [0.5, 0.6) is 0 Å². The van der Waals surface area contributed by atoms with Crippen molar-refractivity contribution >= 4 is 28.1 Å². The number of aromatic nitrogens is 2. The summed E-state index contributed by atoms with van der Waals surface area (Å²) < 4.78 is 0. The Bertz CT molecular complexity index is 1090. The first-order valence-electron chi connectivity index (χ1n) is 9.28. The van der Waals surface area contributed by atoms with Crippen molar-refractivity contribution in [3.05, 3.63) is 82.8 Å². The van der Waals surface area contributed by atoms with Crippen molar-refractivity contribution in [2.45, 2.75) is 19.9 Å². The maximum Gasteiger partial charge on any atom is 0.252 e. The largest absolute Gasteiger partial charge is 0.344 e. The number of nitrogens with zero attached hydrogens (tertiary/aromatic N) is 2. The number of hydrogen-bond donors (Lipinski definition) is 1. The van der Waals surface area contributed by atoms with Gasteiger partial charge in [0.25, 0.3) is 5.91 Å². The number of carbonyl (C=O) groups excluding carboxylic acids is 1. The van der Waals surface area contributed by atoms with Gasteiger partial charge in [0, 0.05) is 28.2 Å². The SMILES string of the molecule is CC(C)C(NC(=O)c1cc(-c2cccnc2)nc2ccccc12)c1cccs1. The molecular formula is C23H21N3OS. The second-order valence-electron chi connectivity index (χ2n) is 7.02. The fourth-order valence-corrected chi connectivity index (χ4v) is 4.23. The van der Waals surface area contributed by atoms with Gasteiger partial charge in [0.2, 0.25) is 0 Å². The summed E-state index contributed by atoms with van der Waals surface area (Å²) in [6.07, 6.45) is 3.49. The molecule has 1 amide bonds. The third-order valence-corrected chi connectivity index (χ3v) is 5.68. The Morgan fingerprint density at radius 3 is 2.64 bits per heavy atom. The molecule has 5 heteroatoms. The van der Waals surface area contributed by atoms with Gasteiger partial charge >= 0.3 is 0 Å². The third-order valence-electron chi connectivity index (χ3n) is 4.72. The lowest BCUT2D eigenvalue weighted by atomic mass is 10.0. The van der Waals surface area contributed by atoms with Gasteiger partial charge in [0.05, 0.1) is 22.8 Å². The minimum atomic E-state index is -0.0872. The van der Waals surface area contributed by atoms with Crippen molar-refractivity contribution in [3.8, 4) is 11.3 Å². The van der Waals surface area contributed by atoms with Crippen molar-refractivity contribution in [3.63, 3.8) is 0 Å². The number of carbonyl (C=O) groups is 1. The van der Waals surface area contributed by atoms with Gasteiger partial charge in [0.15, 0.2) is 0 Å². The molecule has 3 aromatic heterocycles. The summed E-state index contributed by atoms with van der Waals surface area (Å²) in [5, 5.41) is 6.12. The minimum Gasteiger partial charge on any atom is -0.344 e. The van der Waals surface area contributed by atoms with Crippen molar-refractivity contribution < 1.29 is 4.79 Å². The Morgan fingerprint density at radius 2 is 1.93 bits per heavy atom. The molecule has 1 atom stereocenters. The van der Waals surface area contributed by atoms with Crippen LogP contribution in [0.25, 0.3) is 22.2 Å². The second kappa shape index (κ2) is 7.90. The molecule has 0 aliphatic heterocycles. The summed E-state index contributed by atoms with van der Waals surface area (Å²) in [5.74, 6) is 0.198. The quantitative estimate of drug-likeness (QED) is 0.493. The number of thiophene rings is 1. The van der Waals surface area contributed by atoms with E-state index in [2.05, 4.69) is 30.2 Å². The van der Waals surface area contributed by atoms with Crippen LogP contribution in [0.3, 0.4) is 0 Å². The predicted molar refractivity (Wildman–Crippen MR) is 114 cm³/mol. The van der Waals surface area contributed by atoms with Gasteiger partial charge in [-0.1, -0.05) is 38.1 Å². The van der Waals surface area contributed by atoms with Gasteiger partial charge in [-0.25, -0.2) is 4.98 Å². The standard InChI is InChI=1S/C23H21N3OS/c1-15(2)22(21-10-6-12-28-21)26-23(27)18-13-20(16-7-5-11-24-14-16)25-19-9-4-3-8-17(18)19/h3-15,22H,1-2H3,(H,26,27). The van der Waals surface area contributed by atoms with E-state index in [9.17, 15) is 4.79 Å². The van der Waals surface area contributed by atoms with Gasteiger partial charge in [-0.3, -0.25) is 9.78 Å². The van der Waals surface area contributed by atoms with Gasteiger partial charge < -0.3 is 5.32 Å². The van der Waals surface area contributed by atoms with E-state index >= 15 is 0 Å². The topological polar surface area (TPSA) is 54.9 Å². The van der Waals surface area contributed by atoms with E-state index in [0.717, 1.165) is 27.0 Å². The molecular weight excluding hydrogens is 366 g/mol. The Labute approximate surface area is 168 Å². The summed E-state index contributed by atoms with van der Waals surface area (Å²) in [6, 6.07) is 17.5. The van der Waals surface area contributed by atoms with E-state index in [1.54, 1.807) is 23.7 Å². The van der Waals surface area contributed by atoms with Crippen LogP contribution < -0.4 is 5.32 Å². The van der Waals surface area contributed by atoms with Crippen molar-refractivity contribution in [1.29, 1.82) is 0 Å². The van der Waals surface area contributed by atoms with E-state index < -0.39 is 0 Å². The number of hydrogen-bond acceptors (Lipinski definition) is 4. The van der Waals surface area contributed by atoms with Crippen LogP contribution in [0.1, 0.15) is 35.1 Å². The van der Waals surface area contributed by atoms with Crippen LogP contribution in [0, 0.1) is 5.92 Å². The van der Waals surface area contributed by atoms with E-state index in [1.807, 2.05) is 53.9 Å². The normalized spacial score (nSPS) is 12.2. The lowest BCUT2D eigenvalue weighted by Crippen LogP contribution is -2.31. The molecule has 3 heterocycles. The van der Waals surface area contributed by atoms with Crippen LogP contribution in [0.2, 0.25) is 0 Å². The van der Waals surface area contributed by atoms with Gasteiger partial charge in [-0.15, -0.1) is 11.3 Å². The number of pyridine rings is 2. The molecule has 140 valence electrons. The maximum atomic E-state index is 13.3. The zero-order chi connectivity index (χ0) is 19.5. The first-order valence-corrected chi connectivity index (χ1v) is 10.2. The van der Waals surface area contributed by atoms with Crippen molar-refractivity contribution in [2.24, 2.45) is 5.92 Å². The molecule has 1 N–H and O–H groups in total. The molecule has 0 fully saturated rings. The zero-order valence-corrected chi connectivity index (χ0v) is 16.6. The van der Waals surface area contributed by atoms with E-state index in [0.29, 0.717) is 5.56 Å². The summed E-state index contributed by atoms with van der Waals surface area (Å²) in [5.41, 5.74) is 3.06. The number of amides is 1. The lowest BCUT2D eigenvalue weighted by Gasteiger charge is -2.22. The highest BCUT2D eigenvalue weighted by Gasteiger charge is 2.22. The summed E-state index contributed by atoms with van der Waals surface area (Å²) >= 11 is 1.66. The van der Waals surface area contributed by atoms with Gasteiger partial charge in [0.1, 0.15) is 0 Å². The Morgan fingerprint density at radius 1 is 1.07 bits per heavy atom. The fraction of sp³-hybridized carbons (Fsp3) is 0.174. The minimum absolute atomic E-state index is 0.0266. The molecule has 28 heavy (non-hydrogen) atoms. The highest BCUT2D eigenvalue weighted by atomic mass is 32.1. The number of benzene rings is 1. The summed E-state index contributed by atoms with van der Waals surface area (Å²) in [6.45, 7) is 4.24. The lowest BCUT2D eigenvalue weighted by molar-refractivity contribution is 0.0928. The van der Waals surface area contributed by atoms with Crippen LogP contribution in [-0.2, 0) is 0 Å². The molecule has 4 aromatic rings. The van der Waals surface area contributed by atoms with Gasteiger partial charge in [-0.2, -0.15) is 0 Å². The molecule has 4 nitrogen and oxygen atoms in total. The number of nitrogens with one attached hydrogen (secondary N) is 1. The highest BCUT2D eigenvalue weighted by molar-refractivity contribution is 7.10. The number of fused-ring (bicyclic) bond motifs is 1. The second-order valence-corrected chi connectivity index (χ2v) is 8.00. The van der Waals surface area contributed by atoms with Crippen LogP contribution in [0.15, 0.2) is 72.4 Å². The smallest absolute Gasteiger partial charge is 0.252 e. The highest BCUT2D eigenvalue weighted by Crippen LogP contribution is 2.28. The fourth-order valence-electron chi connectivity index (χ4n) is 3.28. The Hall–Kier alpha value is -3.05. The monoisotopic (exact) mass is 387 g/mol. The van der Waals surface area contributed by atoms with E-state index in [1.165, 1.54) is 0 Å². The van der Waals surface area contributed by atoms with Crippen molar-refractivity contribution in [1.82, 2.24) is 15.3 Å². The van der Waals surface area contributed by atoms with E-state index in [4.69, 9.17) is 4.98 Å². The number of rotatable bonds is 5. The third kappa shape index (κ3) is 3.66. The molecule has 0 aliphatic carbocycles. The molecule has 0 saturated heterocycles. The first kappa shape index (κ1) is 18.3. The molecule has 0 aliphatic rings. The molecule has 1 aromatic carbocycles. The summed E-state index contributed by atoms with van der Waals surface area (Å²) in [7, 11) is 0.